The highest BCUT2D eigenvalue weighted by Gasteiger charge is 2.10. The Labute approximate surface area is 166 Å². The molecule has 0 radical (unpaired) electrons. The van der Waals surface area contributed by atoms with E-state index in [9.17, 15) is 9.59 Å². The fourth-order valence-electron chi connectivity index (χ4n) is 2.67. The summed E-state index contributed by atoms with van der Waals surface area (Å²) in [5.74, 6) is -0.654. The first kappa shape index (κ1) is 19.1. The molecular weight excluding hydrogens is 385 g/mol. The summed E-state index contributed by atoms with van der Waals surface area (Å²) in [5.41, 5.74) is 2.34. The Hall–Kier alpha value is -2.63. The third kappa shape index (κ3) is 4.96. The van der Waals surface area contributed by atoms with Gasteiger partial charge in [0.2, 0.25) is 5.91 Å². The molecule has 0 saturated carbocycles. The molecule has 0 fully saturated rings. The van der Waals surface area contributed by atoms with Gasteiger partial charge in [-0.3, -0.25) is 14.6 Å². The van der Waals surface area contributed by atoms with Crippen LogP contribution in [0.15, 0.2) is 54.7 Å². The molecule has 7 heteroatoms. The number of carbonyl (C=O) groups is 2. The average Bonchev–Trinajstić information content (AvgIpc) is 2.68. The summed E-state index contributed by atoms with van der Waals surface area (Å²) < 4.78 is 0. The molecule has 2 aromatic carbocycles. The fraction of sp³-hybridized carbons (Fsp3) is 0.150. The zero-order chi connectivity index (χ0) is 19.2. The minimum atomic E-state index is -0.387. The van der Waals surface area contributed by atoms with Crippen LogP contribution in [0.25, 0.3) is 10.9 Å². The van der Waals surface area contributed by atoms with E-state index in [-0.39, 0.29) is 23.4 Å². The third-order valence-electron chi connectivity index (χ3n) is 4.02. The Morgan fingerprint density at radius 3 is 2.59 bits per heavy atom. The first-order valence-electron chi connectivity index (χ1n) is 8.37. The molecule has 1 heterocycles. The van der Waals surface area contributed by atoms with E-state index in [4.69, 9.17) is 23.2 Å². The molecular formula is C20H17Cl2N3O2. The lowest BCUT2D eigenvalue weighted by Crippen LogP contribution is -2.37. The summed E-state index contributed by atoms with van der Waals surface area (Å²) >= 11 is 11.7. The fourth-order valence-corrected chi connectivity index (χ4v) is 2.97. The maximum absolute atomic E-state index is 12.1. The van der Waals surface area contributed by atoms with Gasteiger partial charge in [-0.2, -0.15) is 0 Å². The molecule has 0 aliphatic rings. The van der Waals surface area contributed by atoms with Crippen molar-refractivity contribution in [1.29, 1.82) is 0 Å². The lowest BCUT2D eigenvalue weighted by atomic mass is 10.1. The van der Waals surface area contributed by atoms with Gasteiger partial charge in [-0.25, -0.2) is 0 Å². The number of amides is 2. The van der Waals surface area contributed by atoms with E-state index in [0.717, 1.165) is 16.5 Å². The Morgan fingerprint density at radius 1 is 0.963 bits per heavy atom. The van der Waals surface area contributed by atoms with Gasteiger partial charge in [0, 0.05) is 23.7 Å². The van der Waals surface area contributed by atoms with Crippen molar-refractivity contribution in [3.8, 4) is 0 Å². The molecule has 0 aliphatic carbocycles. The predicted octanol–water partition coefficient (Wildman–Crippen LogP) is 3.63. The van der Waals surface area contributed by atoms with Gasteiger partial charge in [-0.1, -0.05) is 47.5 Å². The molecule has 0 aliphatic heterocycles. The van der Waals surface area contributed by atoms with Gasteiger partial charge in [-0.15, -0.1) is 0 Å². The minimum absolute atomic E-state index is 0.118. The SMILES string of the molecule is O=C(CNC(=O)c1ccc(Cl)c(Cl)c1)NCCc1cccc2cccnc12. The standard InChI is InChI=1S/C20H17Cl2N3O2/c21-16-7-6-15(11-17(16)22)20(27)25-12-18(26)23-10-8-14-4-1-3-13-5-2-9-24-19(13)14/h1-7,9,11H,8,10,12H2,(H,23,26)(H,25,27). The van der Waals surface area contributed by atoms with Gasteiger partial charge in [0.25, 0.3) is 5.91 Å². The van der Waals surface area contributed by atoms with E-state index in [1.165, 1.54) is 12.1 Å². The number of hydrogen-bond donors (Lipinski definition) is 2. The number of rotatable bonds is 6. The number of aromatic nitrogens is 1. The normalized spacial score (nSPS) is 10.6. The smallest absolute Gasteiger partial charge is 0.251 e. The molecule has 2 N–H and O–H groups in total. The van der Waals surface area contributed by atoms with Crippen molar-refractivity contribution in [2.45, 2.75) is 6.42 Å². The number of hydrogen-bond acceptors (Lipinski definition) is 3. The highest BCUT2D eigenvalue weighted by molar-refractivity contribution is 6.42. The second kappa shape index (κ2) is 8.84. The van der Waals surface area contributed by atoms with Crippen LogP contribution in [0.4, 0.5) is 0 Å². The Kier molecular flexibility index (Phi) is 6.27. The summed E-state index contributed by atoms with van der Waals surface area (Å²) in [5, 5.41) is 7.08. The van der Waals surface area contributed by atoms with Crippen molar-refractivity contribution in [2.75, 3.05) is 13.1 Å². The summed E-state index contributed by atoms with van der Waals surface area (Å²) in [7, 11) is 0. The van der Waals surface area contributed by atoms with Crippen LogP contribution in [-0.4, -0.2) is 29.9 Å². The van der Waals surface area contributed by atoms with Gasteiger partial charge in [-0.05, 0) is 36.2 Å². The largest absolute Gasteiger partial charge is 0.354 e. The number of fused-ring (bicyclic) bond motifs is 1. The number of halogens is 2. The first-order valence-corrected chi connectivity index (χ1v) is 9.13. The van der Waals surface area contributed by atoms with Crippen LogP contribution in [0.3, 0.4) is 0 Å². The third-order valence-corrected chi connectivity index (χ3v) is 4.76. The van der Waals surface area contributed by atoms with Crippen LogP contribution in [0.5, 0.6) is 0 Å². The van der Waals surface area contributed by atoms with Gasteiger partial charge >= 0.3 is 0 Å². The molecule has 3 rings (SSSR count). The lowest BCUT2D eigenvalue weighted by Gasteiger charge is -2.09. The van der Waals surface area contributed by atoms with Crippen molar-refractivity contribution in [1.82, 2.24) is 15.6 Å². The van der Waals surface area contributed by atoms with E-state index in [1.54, 1.807) is 12.3 Å². The highest BCUT2D eigenvalue weighted by Crippen LogP contribution is 2.22. The summed E-state index contributed by atoms with van der Waals surface area (Å²) in [4.78, 5) is 28.4. The number of carbonyl (C=O) groups excluding carboxylic acids is 2. The number of benzene rings is 2. The van der Waals surface area contributed by atoms with E-state index < -0.39 is 0 Å². The zero-order valence-corrected chi connectivity index (χ0v) is 15.8. The van der Waals surface area contributed by atoms with Crippen molar-refractivity contribution in [3.05, 3.63) is 75.9 Å². The van der Waals surface area contributed by atoms with E-state index in [0.29, 0.717) is 23.6 Å². The molecule has 0 unspecified atom stereocenters. The molecule has 138 valence electrons. The number of nitrogens with one attached hydrogen (secondary N) is 2. The molecule has 0 atom stereocenters. The molecule has 0 spiro atoms. The Morgan fingerprint density at radius 2 is 1.78 bits per heavy atom. The minimum Gasteiger partial charge on any atom is -0.354 e. The number of pyridine rings is 1. The number of nitrogens with zero attached hydrogens (tertiary/aromatic N) is 1. The molecule has 3 aromatic rings. The summed E-state index contributed by atoms with van der Waals surface area (Å²) in [6.45, 7) is 0.337. The molecule has 5 nitrogen and oxygen atoms in total. The van der Waals surface area contributed by atoms with Crippen LogP contribution in [0.1, 0.15) is 15.9 Å². The molecule has 0 bridgehead atoms. The molecule has 27 heavy (non-hydrogen) atoms. The Bertz CT molecular complexity index is 987. The second-order valence-corrected chi connectivity index (χ2v) is 6.72. The monoisotopic (exact) mass is 401 g/mol. The van der Waals surface area contributed by atoms with Crippen LogP contribution in [0.2, 0.25) is 10.0 Å². The van der Waals surface area contributed by atoms with E-state index in [2.05, 4.69) is 15.6 Å². The summed E-state index contributed by atoms with van der Waals surface area (Å²) in [6, 6.07) is 14.4. The maximum atomic E-state index is 12.1. The lowest BCUT2D eigenvalue weighted by molar-refractivity contribution is -0.120. The Balaban J connectivity index is 1.48. The van der Waals surface area contributed by atoms with E-state index in [1.807, 2.05) is 30.3 Å². The van der Waals surface area contributed by atoms with Crippen LogP contribution in [-0.2, 0) is 11.2 Å². The average molecular weight is 402 g/mol. The molecule has 0 saturated heterocycles. The van der Waals surface area contributed by atoms with Crippen molar-refractivity contribution in [3.63, 3.8) is 0 Å². The van der Waals surface area contributed by atoms with Crippen molar-refractivity contribution in [2.24, 2.45) is 0 Å². The van der Waals surface area contributed by atoms with Crippen molar-refractivity contribution < 1.29 is 9.59 Å². The second-order valence-electron chi connectivity index (χ2n) is 5.90. The number of para-hydroxylation sites is 1. The summed E-state index contributed by atoms with van der Waals surface area (Å²) in [6.07, 6.45) is 2.41. The maximum Gasteiger partial charge on any atom is 0.251 e. The topological polar surface area (TPSA) is 71.1 Å². The quantitative estimate of drug-likeness (QED) is 0.662. The molecule has 1 aromatic heterocycles. The van der Waals surface area contributed by atoms with E-state index >= 15 is 0 Å². The van der Waals surface area contributed by atoms with Crippen molar-refractivity contribution >= 4 is 45.9 Å². The van der Waals surface area contributed by atoms with Gasteiger partial charge in [0.05, 0.1) is 22.1 Å². The van der Waals surface area contributed by atoms with Gasteiger partial charge in [0.1, 0.15) is 0 Å². The first-order chi connectivity index (χ1) is 13.0. The van der Waals surface area contributed by atoms with Crippen LogP contribution in [0, 0.1) is 0 Å². The molecule has 2 amide bonds. The van der Waals surface area contributed by atoms with Crippen LogP contribution < -0.4 is 10.6 Å². The predicted molar refractivity (Wildman–Crippen MR) is 107 cm³/mol. The van der Waals surface area contributed by atoms with Gasteiger partial charge < -0.3 is 10.6 Å². The van der Waals surface area contributed by atoms with Crippen LogP contribution >= 0.6 is 23.2 Å². The highest BCUT2D eigenvalue weighted by atomic mass is 35.5. The zero-order valence-electron chi connectivity index (χ0n) is 14.3. The van der Waals surface area contributed by atoms with Gasteiger partial charge in [0.15, 0.2) is 0 Å².